The number of hydrogen-bond acceptors (Lipinski definition) is 3. The fraction of sp³-hybridized carbons (Fsp3) is 0.500. The predicted molar refractivity (Wildman–Crippen MR) is 48.2 cm³/mol. The van der Waals surface area contributed by atoms with E-state index in [-0.39, 0.29) is 11.8 Å². The Labute approximate surface area is 77.4 Å². The molecule has 0 bridgehead atoms. The van der Waals surface area contributed by atoms with E-state index in [1.807, 2.05) is 19.1 Å². The molecule has 0 spiro atoms. The van der Waals surface area contributed by atoms with Crippen molar-refractivity contribution in [3.8, 4) is 6.07 Å². The standard InChI is InChI=1S/C10H12N2O/c1-7-2-3-10(13-7)9-6-12-5-8(9)4-11/h2-3,8-9,12H,5-6H2,1H3/t8-,9-/m0/s1. The van der Waals surface area contributed by atoms with E-state index >= 15 is 0 Å². The third-order valence-corrected chi connectivity index (χ3v) is 2.51. The van der Waals surface area contributed by atoms with Crippen LogP contribution in [0, 0.1) is 24.2 Å². The van der Waals surface area contributed by atoms with Crippen LogP contribution in [0.1, 0.15) is 17.4 Å². The highest BCUT2D eigenvalue weighted by atomic mass is 16.3. The molecule has 1 aromatic heterocycles. The summed E-state index contributed by atoms with van der Waals surface area (Å²) in [5.74, 6) is 2.15. The molecule has 2 rings (SSSR count). The number of furan rings is 1. The van der Waals surface area contributed by atoms with Crippen molar-refractivity contribution in [2.24, 2.45) is 5.92 Å². The van der Waals surface area contributed by atoms with Gasteiger partial charge in [-0.1, -0.05) is 0 Å². The van der Waals surface area contributed by atoms with Gasteiger partial charge in [0.25, 0.3) is 0 Å². The average Bonchev–Trinajstić information content (AvgIpc) is 2.71. The van der Waals surface area contributed by atoms with E-state index in [0.29, 0.717) is 0 Å². The number of nitrogens with zero attached hydrogens (tertiary/aromatic N) is 1. The highest BCUT2D eigenvalue weighted by molar-refractivity contribution is 5.17. The van der Waals surface area contributed by atoms with Gasteiger partial charge in [0.1, 0.15) is 11.5 Å². The second-order valence-corrected chi connectivity index (χ2v) is 3.45. The fourth-order valence-electron chi connectivity index (χ4n) is 1.77. The lowest BCUT2D eigenvalue weighted by Gasteiger charge is -2.07. The normalized spacial score (nSPS) is 27.4. The summed E-state index contributed by atoms with van der Waals surface area (Å²) >= 11 is 0. The first kappa shape index (κ1) is 8.33. The molecule has 0 unspecified atom stereocenters. The average molecular weight is 176 g/mol. The maximum atomic E-state index is 8.87. The number of nitrogens with one attached hydrogen (secondary N) is 1. The third-order valence-electron chi connectivity index (χ3n) is 2.51. The van der Waals surface area contributed by atoms with Crippen LogP contribution in [0.4, 0.5) is 0 Å². The first-order valence-corrected chi connectivity index (χ1v) is 4.48. The lowest BCUT2D eigenvalue weighted by atomic mass is 9.95. The first-order valence-electron chi connectivity index (χ1n) is 4.48. The highest BCUT2D eigenvalue weighted by Crippen LogP contribution is 2.28. The molecular weight excluding hydrogens is 164 g/mol. The molecule has 2 heterocycles. The van der Waals surface area contributed by atoms with E-state index in [1.165, 1.54) is 0 Å². The van der Waals surface area contributed by atoms with Crippen LogP contribution in [0.15, 0.2) is 16.5 Å². The van der Waals surface area contributed by atoms with E-state index in [1.54, 1.807) is 0 Å². The zero-order valence-corrected chi connectivity index (χ0v) is 7.58. The van der Waals surface area contributed by atoms with Crippen LogP contribution in [-0.2, 0) is 0 Å². The summed E-state index contributed by atoms with van der Waals surface area (Å²) < 4.78 is 5.51. The molecule has 0 amide bonds. The molecule has 2 atom stereocenters. The summed E-state index contributed by atoms with van der Waals surface area (Å²) in [5, 5.41) is 12.1. The number of rotatable bonds is 1. The Hall–Kier alpha value is -1.27. The Morgan fingerprint density at radius 2 is 2.38 bits per heavy atom. The van der Waals surface area contributed by atoms with Gasteiger partial charge in [0.05, 0.1) is 12.0 Å². The molecule has 3 heteroatoms. The van der Waals surface area contributed by atoms with Crippen LogP contribution < -0.4 is 5.32 Å². The molecule has 1 saturated heterocycles. The molecule has 0 aliphatic carbocycles. The van der Waals surface area contributed by atoms with Crippen LogP contribution in [0.3, 0.4) is 0 Å². The Morgan fingerprint density at radius 1 is 1.54 bits per heavy atom. The van der Waals surface area contributed by atoms with Crippen LogP contribution in [0.5, 0.6) is 0 Å². The lowest BCUT2D eigenvalue weighted by Crippen LogP contribution is -2.07. The lowest BCUT2D eigenvalue weighted by molar-refractivity contribution is 0.433. The summed E-state index contributed by atoms with van der Waals surface area (Å²) in [6.45, 7) is 3.55. The zero-order valence-electron chi connectivity index (χ0n) is 7.58. The minimum absolute atomic E-state index is 0.0607. The van der Waals surface area contributed by atoms with Gasteiger partial charge >= 0.3 is 0 Å². The predicted octanol–water partition coefficient (Wildman–Crippen LogP) is 1.41. The molecule has 13 heavy (non-hydrogen) atoms. The minimum atomic E-state index is 0.0607. The monoisotopic (exact) mass is 176 g/mol. The van der Waals surface area contributed by atoms with Gasteiger partial charge in [-0.2, -0.15) is 5.26 Å². The van der Waals surface area contributed by atoms with Gasteiger partial charge < -0.3 is 9.73 Å². The van der Waals surface area contributed by atoms with Gasteiger partial charge in [-0.25, -0.2) is 0 Å². The SMILES string of the molecule is Cc1ccc([C@H]2CNC[C@@H]2C#N)o1. The Bertz CT molecular complexity index is 337. The van der Waals surface area contributed by atoms with Gasteiger partial charge in [-0.05, 0) is 19.1 Å². The summed E-state index contributed by atoms with van der Waals surface area (Å²) in [4.78, 5) is 0. The van der Waals surface area contributed by atoms with Crippen molar-refractivity contribution in [1.29, 1.82) is 5.26 Å². The second kappa shape index (κ2) is 3.23. The Morgan fingerprint density at radius 3 is 3.00 bits per heavy atom. The van der Waals surface area contributed by atoms with Gasteiger partial charge in [0, 0.05) is 19.0 Å². The van der Waals surface area contributed by atoms with Crippen molar-refractivity contribution in [2.45, 2.75) is 12.8 Å². The molecule has 1 fully saturated rings. The van der Waals surface area contributed by atoms with Crippen LogP contribution >= 0.6 is 0 Å². The van der Waals surface area contributed by atoms with Crippen molar-refractivity contribution in [3.05, 3.63) is 23.7 Å². The van der Waals surface area contributed by atoms with E-state index in [9.17, 15) is 0 Å². The Balaban J connectivity index is 2.21. The number of aryl methyl sites for hydroxylation is 1. The molecule has 0 saturated carbocycles. The van der Waals surface area contributed by atoms with E-state index in [4.69, 9.17) is 9.68 Å². The highest BCUT2D eigenvalue weighted by Gasteiger charge is 2.30. The van der Waals surface area contributed by atoms with E-state index in [0.717, 1.165) is 24.6 Å². The third kappa shape index (κ3) is 1.45. The molecule has 0 aromatic carbocycles. The smallest absolute Gasteiger partial charge is 0.109 e. The summed E-state index contributed by atoms with van der Waals surface area (Å²) in [7, 11) is 0. The summed E-state index contributed by atoms with van der Waals surface area (Å²) in [5.41, 5.74) is 0. The van der Waals surface area contributed by atoms with Crippen LogP contribution in [-0.4, -0.2) is 13.1 Å². The Kier molecular flexibility index (Phi) is 2.07. The van der Waals surface area contributed by atoms with E-state index < -0.39 is 0 Å². The quantitative estimate of drug-likeness (QED) is 0.703. The van der Waals surface area contributed by atoms with Gasteiger partial charge in [-0.3, -0.25) is 0 Å². The first-order chi connectivity index (χ1) is 6.31. The number of hydrogen-bond donors (Lipinski definition) is 1. The van der Waals surface area contributed by atoms with Crippen molar-refractivity contribution in [1.82, 2.24) is 5.32 Å². The van der Waals surface area contributed by atoms with Gasteiger partial charge in [0.2, 0.25) is 0 Å². The van der Waals surface area contributed by atoms with Gasteiger partial charge in [-0.15, -0.1) is 0 Å². The molecular formula is C10H12N2O. The molecule has 1 aliphatic heterocycles. The molecule has 0 radical (unpaired) electrons. The second-order valence-electron chi connectivity index (χ2n) is 3.45. The topological polar surface area (TPSA) is 49.0 Å². The number of nitriles is 1. The zero-order chi connectivity index (χ0) is 9.26. The summed E-state index contributed by atoms with van der Waals surface area (Å²) in [6.07, 6.45) is 0. The maximum Gasteiger partial charge on any atom is 0.109 e. The van der Waals surface area contributed by atoms with Crippen LogP contribution in [0.2, 0.25) is 0 Å². The van der Waals surface area contributed by atoms with Crippen molar-refractivity contribution in [3.63, 3.8) is 0 Å². The molecule has 1 aliphatic rings. The summed E-state index contributed by atoms with van der Waals surface area (Å²) in [6, 6.07) is 6.22. The van der Waals surface area contributed by atoms with Crippen molar-refractivity contribution in [2.75, 3.05) is 13.1 Å². The van der Waals surface area contributed by atoms with Crippen molar-refractivity contribution < 1.29 is 4.42 Å². The fourth-order valence-corrected chi connectivity index (χ4v) is 1.77. The molecule has 68 valence electrons. The van der Waals surface area contributed by atoms with Gasteiger partial charge in [0.15, 0.2) is 0 Å². The molecule has 3 nitrogen and oxygen atoms in total. The molecule has 1 N–H and O–H groups in total. The minimum Gasteiger partial charge on any atom is -0.466 e. The van der Waals surface area contributed by atoms with Crippen LogP contribution in [0.25, 0.3) is 0 Å². The molecule has 1 aromatic rings. The van der Waals surface area contributed by atoms with Crippen molar-refractivity contribution >= 4 is 0 Å². The largest absolute Gasteiger partial charge is 0.466 e. The van der Waals surface area contributed by atoms with E-state index in [2.05, 4.69) is 11.4 Å². The maximum absolute atomic E-state index is 8.87.